The third-order valence-electron chi connectivity index (χ3n) is 22.3. The van der Waals surface area contributed by atoms with E-state index in [1.54, 1.807) is 0 Å². The van der Waals surface area contributed by atoms with Crippen LogP contribution in [0.3, 0.4) is 0 Å². The summed E-state index contributed by atoms with van der Waals surface area (Å²) in [7, 11) is -4.95. The summed E-state index contributed by atoms with van der Waals surface area (Å²) in [6, 6.07) is 123. The lowest BCUT2D eigenvalue weighted by atomic mass is 9.94. The summed E-state index contributed by atoms with van der Waals surface area (Å²) < 4.78 is 39.5. The summed E-state index contributed by atoms with van der Waals surface area (Å²) >= 11 is 0. The second-order valence-electron chi connectivity index (χ2n) is 32.0. The fourth-order valence-electron chi connectivity index (χ4n) is 14.9. The first-order valence-electron chi connectivity index (χ1n) is 40.1. The van der Waals surface area contributed by atoms with Crippen LogP contribution in [0.4, 0.5) is 0 Å². The molecule has 0 aliphatic heterocycles. The van der Waals surface area contributed by atoms with Crippen molar-refractivity contribution in [3.05, 3.63) is 379 Å². The average molecular weight is 1490 g/mol. The molecule has 0 aliphatic carbocycles. The molecule has 0 fully saturated rings. The topological polar surface area (TPSA) is 44.8 Å². The molecular weight excluding hydrogens is 1390 g/mol. The third-order valence-corrected chi connectivity index (χ3v) is 23.5. The van der Waals surface area contributed by atoms with E-state index in [9.17, 15) is 0 Å². The molecule has 0 heterocycles. The Bertz CT molecular complexity index is 5220. The Morgan fingerprint density at radius 3 is 0.416 bits per heavy atom. The highest BCUT2D eigenvalue weighted by molar-refractivity contribution is 7.49. The van der Waals surface area contributed by atoms with E-state index in [4.69, 9.17) is 13.6 Å². The van der Waals surface area contributed by atoms with Crippen molar-refractivity contribution < 1.29 is 18.1 Å². The maximum Gasteiger partial charge on any atom is 0.647 e. The molecule has 15 rings (SSSR count). The van der Waals surface area contributed by atoms with Crippen LogP contribution in [0.15, 0.2) is 346 Å². The van der Waals surface area contributed by atoms with Gasteiger partial charge in [-0.2, -0.15) is 4.57 Å². The Hall–Kier alpha value is -12.1. The first-order valence-corrected chi connectivity index (χ1v) is 41.5. The number of hydrogen-bond donors (Lipinski definition) is 0. The van der Waals surface area contributed by atoms with Crippen LogP contribution in [0, 0.1) is 0 Å². The molecule has 0 atom stereocenters. The number of phosphoric acid groups is 1. The Balaban J connectivity index is 0.885. The van der Waals surface area contributed by atoms with Gasteiger partial charge in [0.25, 0.3) is 0 Å². The second kappa shape index (κ2) is 33.5. The normalized spacial score (nSPS) is 11.7. The molecule has 0 amide bonds. The fourth-order valence-corrected chi connectivity index (χ4v) is 16.2. The van der Waals surface area contributed by atoms with Crippen LogP contribution in [-0.4, -0.2) is 0 Å². The molecule has 0 aromatic heterocycles. The Morgan fingerprint density at radius 2 is 0.274 bits per heavy atom. The van der Waals surface area contributed by atoms with Gasteiger partial charge in [-0.15, -0.1) is 0 Å². The van der Waals surface area contributed by atoms with E-state index >= 15 is 4.57 Å². The van der Waals surface area contributed by atoms with Crippen molar-refractivity contribution >= 4 is 7.82 Å². The number of rotatable bonds is 24. The number of hydrogen-bond acceptors (Lipinski definition) is 4. The van der Waals surface area contributed by atoms with Gasteiger partial charge in [0.15, 0.2) is 0 Å². The molecule has 5 heteroatoms. The maximum atomic E-state index is 17.5. The zero-order valence-electron chi connectivity index (χ0n) is 67.0. The van der Waals surface area contributed by atoms with Crippen LogP contribution < -0.4 is 13.6 Å². The largest absolute Gasteiger partial charge is 0.647 e. The molecule has 560 valence electrons. The smallest absolute Gasteiger partial charge is 0.385 e. The molecule has 0 N–H and O–H groups in total. The second-order valence-corrected chi connectivity index (χ2v) is 33.4. The number of benzene rings is 15. The standard InChI is InChI=1S/C108H99O4P/c1-70(2)76-13-25-82(26-14-76)88-37-43-94(44-38-88)100-61-64-106(103(67-100)97-55-49-91(50-56-97)85-31-19-79(20-32-85)73(7)8)110-113(109,111-107-65-62-101(95-45-39-89(40-46-95)83-27-15-77(16-28-83)71(3)4)68-104(107)98-57-51-92(52-58-98)86-33-21-80(22-34-86)74(9)10)112-108-66-63-102(96-47-41-90(42-48-96)84-29-17-78(18-30-84)72(5)6)69-105(108)99-59-53-93(54-60-99)87-35-23-81(24-36-87)75(11)12/h13-75H,1-12H3. The molecule has 0 saturated heterocycles. The maximum absolute atomic E-state index is 17.5. The van der Waals surface area contributed by atoms with Crippen molar-refractivity contribution in [3.63, 3.8) is 0 Å². The molecule has 0 saturated carbocycles. The Morgan fingerprint density at radius 1 is 0.159 bits per heavy atom. The summed E-state index contributed by atoms with van der Waals surface area (Å²) in [5, 5.41) is 0. The van der Waals surface area contributed by atoms with Gasteiger partial charge in [-0.1, -0.05) is 392 Å². The zero-order chi connectivity index (χ0) is 78.4. The number of phosphoric ester groups is 1. The molecule has 113 heavy (non-hydrogen) atoms. The van der Waals surface area contributed by atoms with E-state index in [2.05, 4.69) is 392 Å². The van der Waals surface area contributed by atoms with Gasteiger partial charge in [-0.3, -0.25) is 0 Å². The minimum atomic E-state index is -4.95. The van der Waals surface area contributed by atoms with Crippen molar-refractivity contribution in [2.75, 3.05) is 0 Å². The van der Waals surface area contributed by atoms with Gasteiger partial charge < -0.3 is 13.6 Å². The molecule has 0 bridgehead atoms. The highest BCUT2D eigenvalue weighted by Gasteiger charge is 2.37. The average Bonchev–Trinajstić information content (AvgIpc) is 0.774. The van der Waals surface area contributed by atoms with Gasteiger partial charge in [0.2, 0.25) is 0 Å². The fraction of sp³-hybridized carbons (Fsp3) is 0.167. The van der Waals surface area contributed by atoms with Crippen LogP contribution in [-0.2, 0) is 4.57 Å². The lowest BCUT2D eigenvalue weighted by Gasteiger charge is -2.24. The molecule has 0 aliphatic rings. The van der Waals surface area contributed by atoms with Gasteiger partial charge in [0, 0.05) is 16.7 Å². The lowest BCUT2D eigenvalue weighted by Crippen LogP contribution is -2.09. The summed E-state index contributed by atoms with van der Waals surface area (Å²) in [6.07, 6.45) is 0. The Labute approximate surface area is 670 Å². The molecular formula is C108H99O4P. The first kappa shape index (κ1) is 76.3. The quantitative estimate of drug-likeness (QED) is 0.0566. The molecule has 4 nitrogen and oxygen atoms in total. The molecule has 15 aromatic carbocycles. The summed E-state index contributed by atoms with van der Waals surface area (Å²) in [5.74, 6) is 3.46. The highest BCUT2D eigenvalue weighted by Crippen LogP contribution is 2.56. The third kappa shape index (κ3) is 17.5. The van der Waals surface area contributed by atoms with Crippen molar-refractivity contribution in [1.82, 2.24) is 0 Å². The lowest BCUT2D eigenvalue weighted by molar-refractivity contribution is 0.299. The summed E-state index contributed by atoms with van der Waals surface area (Å²) in [4.78, 5) is 0. The molecule has 0 radical (unpaired) electrons. The first-order chi connectivity index (χ1) is 54.7. The van der Waals surface area contributed by atoms with E-state index in [0.717, 1.165) is 117 Å². The van der Waals surface area contributed by atoms with E-state index < -0.39 is 7.82 Å². The van der Waals surface area contributed by atoms with Crippen LogP contribution in [0.5, 0.6) is 17.2 Å². The summed E-state index contributed by atoms with van der Waals surface area (Å²) in [5.41, 5.74) is 31.6. The zero-order valence-corrected chi connectivity index (χ0v) is 67.8. The highest BCUT2D eigenvalue weighted by atomic mass is 31.2. The van der Waals surface area contributed by atoms with Crippen molar-refractivity contribution in [3.8, 4) is 151 Å². The van der Waals surface area contributed by atoms with Crippen molar-refractivity contribution in [1.29, 1.82) is 0 Å². The van der Waals surface area contributed by atoms with Crippen LogP contribution in [0.1, 0.15) is 152 Å². The van der Waals surface area contributed by atoms with Gasteiger partial charge >= 0.3 is 7.82 Å². The van der Waals surface area contributed by atoms with E-state index in [0.29, 0.717) is 69.4 Å². The molecule has 0 spiro atoms. The Kier molecular flexibility index (Phi) is 22.6. The minimum Gasteiger partial charge on any atom is -0.385 e. The van der Waals surface area contributed by atoms with E-state index in [-0.39, 0.29) is 0 Å². The van der Waals surface area contributed by atoms with Crippen LogP contribution >= 0.6 is 7.82 Å². The van der Waals surface area contributed by atoms with Crippen molar-refractivity contribution in [2.24, 2.45) is 0 Å². The van der Waals surface area contributed by atoms with Gasteiger partial charge in [0.05, 0.1) is 0 Å². The monoisotopic (exact) mass is 1490 g/mol. The van der Waals surface area contributed by atoms with Gasteiger partial charge in [-0.05, 0) is 222 Å². The predicted molar refractivity (Wildman–Crippen MR) is 479 cm³/mol. The molecule has 15 aromatic rings. The SMILES string of the molecule is CC(C)c1ccc(-c2ccc(-c3ccc(OP(=O)(Oc4ccc(-c5ccc(-c6ccc(C(C)C)cc6)cc5)cc4-c4ccc(-c5ccc(C(C)C)cc5)cc4)Oc4ccc(-c5ccc(-c6ccc(C(C)C)cc6)cc5)cc4-c4ccc(-c5ccc(C(C)C)cc5)cc4)c(-c4ccc(-c5ccc(C(C)C)cc5)cc4)c3)cc2)cc1. The van der Waals surface area contributed by atoms with E-state index in [1.165, 1.54) is 33.4 Å². The van der Waals surface area contributed by atoms with Crippen LogP contribution in [0.25, 0.3) is 134 Å². The van der Waals surface area contributed by atoms with Crippen LogP contribution in [0.2, 0.25) is 0 Å². The van der Waals surface area contributed by atoms with Crippen molar-refractivity contribution in [2.45, 2.75) is 119 Å². The summed E-state index contributed by atoms with van der Waals surface area (Å²) in [6.45, 7) is 26.7. The minimum absolute atomic E-state index is 0.308. The predicted octanol–water partition coefficient (Wildman–Crippen LogP) is 32.1. The van der Waals surface area contributed by atoms with Gasteiger partial charge in [0.1, 0.15) is 17.2 Å². The molecule has 0 unspecified atom stereocenters. The van der Waals surface area contributed by atoms with E-state index in [1.807, 2.05) is 36.4 Å². The van der Waals surface area contributed by atoms with Gasteiger partial charge in [-0.25, -0.2) is 0 Å².